The minimum atomic E-state index is -0.931. The van der Waals surface area contributed by atoms with Crippen molar-refractivity contribution >= 4 is 23.5 Å². The van der Waals surface area contributed by atoms with Crippen LogP contribution in [0.2, 0.25) is 0 Å². The molecule has 5 aliphatic heterocycles. The van der Waals surface area contributed by atoms with Gasteiger partial charge in [-0.1, -0.05) is 6.07 Å². The van der Waals surface area contributed by atoms with E-state index >= 15 is 0 Å². The zero-order valence-electron chi connectivity index (χ0n) is 23.0. The number of ether oxygens (including phenoxy) is 4. The van der Waals surface area contributed by atoms with Gasteiger partial charge < -0.3 is 29.2 Å². The molecule has 6 atom stereocenters. The predicted molar refractivity (Wildman–Crippen MR) is 145 cm³/mol. The first-order valence-corrected chi connectivity index (χ1v) is 14.5. The summed E-state index contributed by atoms with van der Waals surface area (Å²) in [4.78, 5) is 29.6. The first-order valence-electron chi connectivity index (χ1n) is 13.4. The Kier molecular flexibility index (Phi) is 5.87. The van der Waals surface area contributed by atoms with Gasteiger partial charge in [0.25, 0.3) is 0 Å². The first-order chi connectivity index (χ1) is 19.7. The molecule has 0 aromatic heterocycles. The number of ketones is 1. The number of carbonyl (C=O) groups excluding carboxylic acids is 2. The van der Waals surface area contributed by atoms with Crippen LogP contribution >= 0.6 is 11.8 Å². The van der Waals surface area contributed by atoms with Gasteiger partial charge in [0.15, 0.2) is 23.0 Å². The highest BCUT2D eigenvalue weighted by atomic mass is 32.2. The topological polar surface area (TPSA) is 142 Å². The third kappa shape index (κ3) is 3.40. The quantitative estimate of drug-likeness (QED) is 0.379. The number of nitriles is 1. The van der Waals surface area contributed by atoms with Gasteiger partial charge in [0.05, 0.1) is 36.3 Å². The number of hydrogen-bond acceptors (Lipinski definition) is 12. The summed E-state index contributed by atoms with van der Waals surface area (Å²) in [7, 11) is 3.46. The maximum Gasteiger partial charge on any atom is 0.375 e. The summed E-state index contributed by atoms with van der Waals surface area (Å²) in [5, 5.41) is 33.4. The Balaban J connectivity index is 1.55. The number of cyclic esters (lactones) is 1. The van der Waals surface area contributed by atoms with Crippen molar-refractivity contribution in [1.82, 2.24) is 9.80 Å². The zero-order valence-corrected chi connectivity index (χ0v) is 23.8. The molecule has 214 valence electrons. The van der Waals surface area contributed by atoms with Crippen molar-refractivity contribution in [3.63, 3.8) is 0 Å². The molecule has 5 heterocycles. The van der Waals surface area contributed by atoms with Gasteiger partial charge in [-0.05, 0) is 38.4 Å². The minimum absolute atomic E-state index is 0.0192. The normalized spacial score (nSPS) is 30.1. The number of likely N-dealkylation sites (N-methyl/N-ethyl adjacent to an activating group) is 1. The number of aromatic hydroxyl groups is 2. The second-order valence-electron chi connectivity index (χ2n) is 11.2. The van der Waals surface area contributed by atoms with E-state index in [0.29, 0.717) is 45.9 Å². The van der Waals surface area contributed by atoms with Gasteiger partial charge in [-0.2, -0.15) is 5.26 Å². The minimum Gasteiger partial charge on any atom is -0.507 e. The van der Waals surface area contributed by atoms with E-state index in [1.165, 1.54) is 18.9 Å². The number of nitrogens with zero attached hydrogens (tertiary/aromatic N) is 3. The molecule has 2 aromatic rings. The number of aryl methyl sites for hydroxylation is 1. The molecule has 0 saturated carbocycles. The van der Waals surface area contributed by atoms with E-state index in [2.05, 4.69) is 15.9 Å². The highest BCUT2D eigenvalue weighted by Crippen LogP contribution is 2.63. The van der Waals surface area contributed by atoms with Crippen molar-refractivity contribution < 1.29 is 38.7 Å². The Morgan fingerprint density at radius 1 is 1.10 bits per heavy atom. The third-order valence-corrected chi connectivity index (χ3v) is 10.6. The van der Waals surface area contributed by atoms with Crippen LogP contribution < -0.4 is 14.2 Å². The van der Waals surface area contributed by atoms with E-state index in [1.54, 1.807) is 6.92 Å². The van der Waals surface area contributed by atoms with E-state index < -0.39 is 41.2 Å². The lowest BCUT2D eigenvalue weighted by Gasteiger charge is -2.61. The van der Waals surface area contributed by atoms with E-state index in [4.69, 9.17) is 18.9 Å². The van der Waals surface area contributed by atoms with Gasteiger partial charge in [0.2, 0.25) is 12.6 Å². The maximum absolute atomic E-state index is 12.8. The van der Waals surface area contributed by atoms with Crippen LogP contribution in [0.15, 0.2) is 6.07 Å². The lowest BCUT2D eigenvalue weighted by atomic mass is 9.71. The summed E-state index contributed by atoms with van der Waals surface area (Å²) >= 11 is 1.22. The van der Waals surface area contributed by atoms with Crippen LogP contribution in [0.1, 0.15) is 50.7 Å². The Morgan fingerprint density at radius 3 is 2.59 bits per heavy atom. The van der Waals surface area contributed by atoms with Gasteiger partial charge in [0.1, 0.15) is 18.4 Å². The third-order valence-electron chi connectivity index (χ3n) is 9.32. The summed E-state index contributed by atoms with van der Waals surface area (Å²) in [5.74, 6) is -0.472. The number of thioether (sulfide) groups is 1. The van der Waals surface area contributed by atoms with E-state index in [0.717, 1.165) is 11.1 Å². The summed E-state index contributed by atoms with van der Waals surface area (Å²) in [6.45, 7) is 3.37. The molecule has 2 fully saturated rings. The molecule has 2 N–H and O–H groups in total. The van der Waals surface area contributed by atoms with Crippen molar-refractivity contribution in [2.24, 2.45) is 0 Å². The molecule has 2 aromatic carbocycles. The molecule has 5 aliphatic rings. The maximum atomic E-state index is 12.8. The number of methoxy groups -OCH3 is 1. The number of phenols is 2. The fourth-order valence-electron chi connectivity index (χ4n) is 7.64. The van der Waals surface area contributed by atoms with Crippen molar-refractivity contribution in [1.29, 1.82) is 5.26 Å². The van der Waals surface area contributed by atoms with Crippen molar-refractivity contribution in [3.8, 4) is 34.8 Å². The molecule has 0 radical (unpaired) electrons. The van der Waals surface area contributed by atoms with Crippen molar-refractivity contribution in [2.75, 3.05) is 33.3 Å². The fraction of sp³-hybridized carbons (Fsp3) is 0.483. The molecule has 0 spiro atoms. The van der Waals surface area contributed by atoms with Crippen LogP contribution in [-0.2, 0) is 20.7 Å². The van der Waals surface area contributed by atoms with Crippen molar-refractivity contribution in [3.05, 3.63) is 39.4 Å². The number of hydrogen-bond donors (Lipinski definition) is 2. The lowest BCUT2D eigenvalue weighted by molar-refractivity contribution is -0.157. The first kappa shape index (κ1) is 26.3. The number of rotatable bonds is 1. The largest absolute Gasteiger partial charge is 0.507 e. The number of carbonyl (C=O) groups is 2. The predicted octanol–water partition coefficient (Wildman–Crippen LogP) is 2.58. The van der Waals surface area contributed by atoms with Gasteiger partial charge in [-0.3, -0.25) is 14.6 Å². The summed E-state index contributed by atoms with van der Waals surface area (Å²) in [6, 6.07) is 1.99. The molecule has 12 heteroatoms. The Morgan fingerprint density at radius 2 is 1.85 bits per heavy atom. The number of fused-ring (bicyclic) bond motifs is 9. The number of esters is 1. The SMILES string of the molecule is COc1c(C)cc2c(c1O)C1[C@@H]3[C@@H]4SCC(=O)C(=O)OC[C@@H](c5c6c(c(C)c(O)c54)OCO6)N3[C@@H](C#N)C(C2)N1C. The monoisotopic (exact) mass is 579 g/mol. The number of Topliss-reactive ketones (excluding diaryl/α,β-unsaturated/α-hetero) is 1. The second kappa shape index (κ2) is 9.17. The van der Waals surface area contributed by atoms with Crippen LogP contribution in [0, 0.1) is 25.2 Å². The van der Waals surface area contributed by atoms with Gasteiger partial charge in [-0.25, -0.2) is 4.79 Å². The Bertz CT molecular complexity index is 1570. The molecule has 11 nitrogen and oxygen atoms in total. The van der Waals surface area contributed by atoms with Gasteiger partial charge in [0, 0.05) is 34.3 Å². The molecule has 2 saturated heterocycles. The average molecular weight is 580 g/mol. The standard InChI is InChI=1S/C29H29N3O8S/c1-11-5-13-6-14-15(7-30)32-16-8-38-29(36)17(33)9-41-28(20-19(16)27-26(39-10-40-27)12(2)23(20)34)22(32)21(31(14)3)18(13)24(35)25(11)37-4/h5,14-16,21-22,28,34-35H,6,8-10H2,1-4H3/t14?,15-,16-,21?,22+,28+/m0/s1. The molecule has 4 bridgehead atoms. The summed E-state index contributed by atoms with van der Waals surface area (Å²) in [5.41, 5.74) is 4.11. The Labute approximate surface area is 240 Å². The molecule has 7 rings (SSSR count). The molecule has 2 unspecified atom stereocenters. The average Bonchev–Trinajstić information content (AvgIpc) is 3.44. The molecular formula is C29H29N3O8S. The Hall–Kier alpha value is -3.66. The van der Waals surface area contributed by atoms with E-state index in [1.807, 2.05) is 20.0 Å². The zero-order chi connectivity index (χ0) is 28.9. The molecular weight excluding hydrogens is 550 g/mol. The van der Waals surface area contributed by atoms with Gasteiger partial charge in [-0.15, -0.1) is 11.8 Å². The molecule has 41 heavy (non-hydrogen) atoms. The van der Waals surface area contributed by atoms with E-state index in [9.17, 15) is 25.1 Å². The lowest BCUT2D eigenvalue weighted by Crippen LogP contribution is -2.69. The van der Waals surface area contributed by atoms with Gasteiger partial charge >= 0.3 is 5.97 Å². The number of benzene rings is 2. The summed E-state index contributed by atoms with van der Waals surface area (Å²) < 4.78 is 22.9. The van der Waals surface area contributed by atoms with Crippen LogP contribution in [0.4, 0.5) is 0 Å². The number of phenolic OH excluding ortho intramolecular Hbond substituents is 2. The highest BCUT2D eigenvalue weighted by molar-refractivity contribution is 8.00. The number of piperazine rings is 1. The molecule has 0 aliphatic carbocycles. The van der Waals surface area contributed by atoms with E-state index in [-0.39, 0.29) is 36.7 Å². The van der Waals surface area contributed by atoms with Crippen LogP contribution in [0.25, 0.3) is 0 Å². The van der Waals surface area contributed by atoms with Crippen LogP contribution in [0.3, 0.4) is 0 Å². The summed E-state index contributed by atoms with van der Waals surface area (Å²) in [6.07, 6.45) is 0.509. The van der Waals surface area contributed by atoms with Crippen molar-refractivity contribution in [2.45, 2.75) is 55.7 Å². The smallest absolute Gasteiger partial charge is 0.375 e. The second-order valence-corrected chi connectivity index (χ2v) is 12.3. The molecule has 0 amide bonds. The van der Waals surface area contributed by atoms with Crippen LogP contribution in [0.5, 0.6) is 28.7 Å². The van der Waals surface area contributed by atoms with Crippen LogP contribution in [-0.4, -0.2) is 83.2 Å². The fourth-order valence-corrected chi connectivity index (χ4v) is 8.98. The highest BCUT2D eigenvalue weighted by Gasteiger charge is 2.60.